The molecule has 0 N–H and O–H groups in total. The van der Waals surface area contributed by atoms with Gasteiger partial charge in [0.25, 0.3) is 0 Å². The van der Waals surface area contributed by atoms with Crippen LogP contribution in [-0.4, -0.2) is 37.2 Å². The van der Waals surface area contributed by atoms with Crippen molar-refractivity contribution in [2.45, 2.75) is 297 Å². The van der Waals surface area contributed by atoms with E-state index in [9.17, 15) is 14.4 Å². The van der Waals surface area contributed by atoms with Gasteiger partial charge in [0.1, 0.15) is 13.2 Å². The minimum atomic E-state index is -0.801. The third kappa shape index (κ3) is 66.0. The first-order valence-corrected chi connectivity index (χ1v) is 33.3. The van der Waals surface area contributed by atoms with Gasteiger partial charge in [-0.1, -0.05) is 282 Å². The monoisotopic (exact) mass is 1120 g/mol. The Hall–Kier alpha value is -4.71. The lowest BCUT2D eigenvalue weighted by molar-refractivity contribution is -0.167. The standard InChI is InChI=1S/C75H122O6/c1-4-7-10-13-16-19-22-25-27-29-30-31-32-33-34-35-36-37-38-39-40-41-42-43-44-46-47-50-53-56-59-62-65-68-74(77)80-71-72(70-79-73(76)67-64-61-58-55-52-49-24-21-18-15-12-9-6-3)81-75(78)69-66-63-60-57-54-51-48-45-28-26-23-20-17-14-11-8-5-2/h7-12,16-21,25-28,30-31,33-34,36-37,49,52,72H,4-6,13-15,22-24,29,32,35,38-48,50-51,53-71H2,1-3H3/b10-7-,11-8-,12-9-,19-16-,20-17-,21-18-,27-25-,28-26-,31-30-,34-33-,37-36-,52-49-. The van der Waals surface area contributed by atoms with Crippen molar-refractivity contribution < 1.29 is 28.6 Å². The Morgan fingerprint density at radius 1 is 0.247 bits per heavy atom. The van der Waals surface area contributed by atoms with Crippen molar-refractivity contribution in [2.24, 2.45) is 0 Å². The molecule has 0 saturated heterocycles. The van der Waals surface area contributed by atoms with Crippen molar-refractivity contribution >= 4 is 17.9 Å². The molecule has 0 rings (SSSR count). The number of esters is 3. The molecule has 0 aliphatic heterocycles. The average Bonchev–Trinajstić information content (AvgIpc) is 3.46. The molecule has 0 aromatic rings. The summed E-state index contributed by atoms with van der Waals surface area (Å²) in [5.74, 6) is -0.933. The van der Waals surface area contributed by atoms with E-state index in [-0.39, 0.29) is 31.1 Å². The Morgan fingerprint density at radius 2 is 0.444 bits per heavy atom. The van der Waals surface area contributed by atoms with Gasteiger partial charge < -0.3 is 14.2 Å². The van der Waals surface area contributed by atoms with Crippen LogP contribution in [0.2, 0.25) is 0 Å². The molecular formula is C75H122O6. The van der Waals surface area contributed by atoms with Crippen LogP contribution in [0.4, 0.5) is 0 Å². The predicted octanol–water partition coefficient (Wildman–Crippen LogP) is 23.1. The van der Waals surface area contributed by atoms with Gasteiger partial charge in [0.05, 0.1) is 0 Å². The number of unbranched alkanes of at least 4 members (excludes halogenated alkanes) is 24. The molecule has 0 aliphatic carbocycles. The molecule has 0 radical (unpaired) electrons. The number of carbonyl (C=O) groups excluding carboxylic acids is 3. The zero-order valence-electron chi connectivity index (χ0n) is 52.5. The largest absolute Gasteiger partial charge is 0.462 e. The molecule has 1 atom stereocenters. The fourth-order valence-electron chi connectivity index (χ4n) is 8.95. The van der Waals surface area contributed by atoms with Crippen molar-refractivity contribution in [3.8, 4) is 0 Å². The minimum absolute atomic E-state index is 0.0948. The van der Waals surface area contributed by atoms with Gasteiger partial charge in [-0.05, 0) is 135 Å². The Labute approximate surface area is 499 Å². The highest BCUT2D eigenvalue weighted by atomic mass is 16.6. The zero-order chi connectivity index (χ0) is 58.5. The SMILES string of the molecule is CC/C=C\C/C=C\C/C=C\C/C=C\C/C=C\C/C=C\CCCCCCCCCCCCCCCCC(=O)OCC(COC(=O)CCCCC/C=C\C/C=C\C/C=C\CC)OC(=O)CCCCCCCCC/C=C\C/C=C\C/C=C\CC. The molecule has 0 aromatic carbocycles. The maximum Gasteiger partial charge on any atom is 0.306 e. The van der Waals surface area contributed by atoms with Crippen molar-refractivity contribution in [1.29, 1.82) is 0 Å². The second-order valence-electron chi connectivity index (χ2n) is 21.6. The number of hydrogen-bond donors (Lipinski definition) is 0. The summed E-state index contributed by atoms with van der Waals surface area (Å²) in [6.45, 7) is 6.27. The maximum atomic E-state index is 12.9. The van der Waals surface area contributed by atoms with Crippen LogP contribution < -0.4 is 0 Å². The van der Waals surface area contributed by atoms with E-state index in [1.807, 2.05) is 0 Å². The Kier molecular flexibility index (Phi) is 63.9. The fraction of sp³-hybridized carbons (Fsp3) is 0.640. The fourth-order valence-corrected chi connectivity index (χ4v) is 8.95. The molecule has 0 spiro atoms. The van der Waals surface area contributed by atoms with E-state index < -0.39 is 6.10 Å². The second-order valence-corrected chi connectivity index (χ2v) is 21.6. The van der Waals surface area contributed by atoms with Crippen LogP contribution in [0.15, 0.2) is 146 Å². The highest BCUT2D eigenvalue weighted by Gasteiger charge is 2.19. The quantitative estimate of drug-likeness (QED) is 0.0261. The second kappa shape index (κ2) is 67.8. The lowest BCUT2D eigenvalue weighted by Crippen LogP contribution is -2.30. The topological polar surface area (TPSA) is 78.9 Å². The molecule has 458 valence electrons. The summed E-state index contributed by atoms with van der Waals surface area (Å²) in [5, 5.41) is 0. The first-order valence-electron chi connectivity index (χ1n) is 33.3. The first kappa shape index (κ1) is 76.3. The van der Waals surface area contributed by atoms with Crippen LogP contribution in [-0.2, 0) is 28.6 Å². The molecule has 0 aromatic heterocycles. The number of carbonyl (C=O) groups is 3. The molecule has 0 fully saturated rings. The van der Waals surface area contributed by atoms with Crippen molar-refractivity contribution in [2.75, 3.05) is 13.2 Å². The average molecular weight is 1120 g/mol. The van der Waals surface area contributed by atoms with E-state index in [1.54, 1.807) is 0 Å². The summed E-state index contributed by atoms with van der Waals surface area (Å²) in [6.07, 6.45) is 97.3. The molecule has 81 heavy (non-hydrogen) atoms. The van der Waals surface area contributed by atoms with Crippen molar-refractivity contribution in [3.05, 3.63) is 146 Å². The van der Waals surface area contributed by atoms with Crippen LogP contribution in [0, 0.1) is 0 Å². The highest BCUT2D eigenvalue weighted by molar-refractivity contribution is 5.71. The maximum absolute atomic E-state index is 12.9. The summed E-state index contributed by atoms with van der Waals surface area (Å²) in [6, 6.07) is 0. The molecule has 0 heterocycles. The molecule has 6 nitrogen and oxygen atoms in total. The van der Waals surface area contributed by atoms with Gasteiger partial charge >= 0.3 is 17.9 Å². The van der Waals surface area contributed by atoms with Gasteiger partial charge in [0, 0.05) is 19.3 Å². The van der Waals surface area contributed by atoms with Gasteiger partial charge in [-0.15, -0.1) is 0 Å². The molecular weight excluding hydrogens is 997 g/mol. The third-order valence-corrected chi connectivity index (χ3v) is 13.8. The van der Waals surface area contributed by atoms with Gasteiger partial charge in [-0.2, -0.15) is 0 Å². The Bertz CT molecular complexity index is 1760. The van der Waals surface area contributed by atoms with E-state index in [4.69, 9.17) is 14.2 Å². The number of allylic oxidation sites excluding steroid dienone is 24. The summed E-state index contributed by atoms with van der Waals surface area (Å²) in [7, 11) is 0. The van der Waals surface area contributed by atoms with Crippen LogP contribution in [0.25, 0.3) is 0 Å². The molecule has 1 unspecified atom stereocenters. The molecule has 0 saturated carbocycles. The normalized spacial score (nSPS) is 13.1. The lowest BCUT2D eigenvalue weighted by Gasteiger charge is -2.18. The number of hydrogen-bond acceptors (Lipinski definition) is 6. The summed E-state index contributed by atoms with van der Waals surface area (Å²) < 4.78 is 16.9. The third-order valence-electron chi connectivity index (χ3n) is 13.8. The van der Waals surface area contributed by atoms with Gasteiger partial charge in [0.2, 0.25) is 0 Å². The highest BCUT2D eigenvalue weighted by Crippen LogP contribution is 2.16. The first-order chi connectivity index (χ1) is 40.0. The summed E-state index contributed by atoms with van der Waals surface area (Å²) in [4.78, 5) is 38.3. The van der Waals surface area contributed by atoms with Crippen LogP contribution in [0.3, 0.4) is 0 Å². The van der Waals surface area contributed by atoms with Gasteiger partial charge in [-0.25, -0.2) is 0 Å². The number of rotatable bonds is 59. The minimum Gasteiger partial charge on any atom is -0.462 e. The molecule has 0 aliphatic rings. The van der Waals surface area contributed by atoms with E-state index in [0.29, 0.717) is 19.3 Å². The van der Waals surface area contributed by atoms with Gasteiger partial charge in [-0.3, -0.25) is 14.4 Å². The van der Waals surface area contributed by atoms with E-state index in [2.05, 4.69) is 167 Å². The van der Waals surface area contributed by atoms with Crippen molar-refractivity contribution in [1.82, 2.24) is 0 Å². The lowest BCUT2D eigenvalue weighted by atomic mass is 10.0. The molecule has 0 amide bonds. The Morgan fingerprint density at radius 3 is 0.704 bits per heavy atom. The van der Waals surface area contributed by atoms with E-state index >= 15 is 0 Å². The van der Waals surface area contributed by atoms with Crippen molar-refractivity contribution in [3.63, 3.8) is 0 Å². The predicted molar refractivity (Wildman–Crippen MR) is 352 cm³/mol. The molecule has 6 heteroatoms. The van der Waals surface area contributed by atoms with E-state index in [0.717, 1.165) is 148 Å². The van der Waals surface area contributed by atoms with Gasteiger partial charge in [0.15, 0.2) is 6.10 Å². The zero-order valence-corrected chi connectivity index (χ0v) is 52.5. The van der Waals surface area contributed by atoms with Crippen LogP contribution in [0.1, 0.15) is 290 Å². The Balaban J connectivity index is 4.24. The summed E-state index contributed by atoms with van der Waals surface area (Å²) >= 11 is 0. The van der Waals surface area contributed by atoms with E-state index in [1.165, 1.54) is 103 Å². The van der Waals surface area contributed by atoms with Crippen LogP contribution in [0.5, 0.6) is 0 Å². The number of ether oxygens (including phenoxy) is 3. The summed E-state index contributed by atoms with van der Waals surface area (Å²) in [5.41, 5.74) is 0. The van der Waals surface area contributed by atoms with Crippen LogP contribution >= 0.6 is 0 Å². The smallest absolute Gasteiger partial charge is 0.306 e. The molecule has 0 bridgehead atoms.